The molecule has 0 amide bonds. The lowest BCUT2D eigenvalue weighted by Gasteiger charge is -2.38. The molecule has 1 aliphatic heterocycles. The van der Waals surface area contributed by atoms with Gasteiger partial charge in [-0.1, -0.05) is 35.9 Å². The lowest BCUT2D eigenvalue weighted by Crippen LogP contribution is -2.42. The molecule has 4 rings (SSSR count). The fourth-order valence-electron chi connectivity index (χ4n) is 3.67. The summed E-state index contributed by atoms with van der Waals surface area (Å²) < 4.78 is 1.74. The van der Waals surface area contributed by atoms with Gasteiger partial charge in [0.2, 0.25) is 0 Å². The van der Waals surface area contributed by atoms with Crippen molar-refractivity contribution in [3.05, 3.63) is 76.8 Å². The second-order valence-corrected chi connectivity index (χ2v) is 7.82. The molecule has 3 aromatic rings. The Balaban J connectivity index is 1.34. The van der Waals surface area contributed by atoms with Crippen LogP contribution in [-0.2, 0) is 5.60 Å². The molecule has 7 heteroatoms. The van der Waals surface area contributed by atoms with Crippen molar-refractivity contribution in [2.45, 2.75) is 25.4 Å². The maximum Gasteiger partial charge on any atom is 0.250 e. The van der Waals surface area contributed by atoms with Crippen LogP contribution in [0.2, 0.25) is 5.02 Å². The first-order valence-electron chi connectivity index (χ1n) is 9.74. The first kappa shape index (κ1) is 19.8. The molecule has 1 saturated heterocycles. The summed E-state index contributed by atoms with van der Waals surface area (Å²) in [7, 11) is 0. The smallest absolute Gasteiger partial charge is 0.250 e. The standard InChI is InChI=1S/C22H24ClN5O/c1-17-18(16-26-28(17)21-24-11-3-12-25-21)4-2-13-27-14-9-22(29,10-15-27)19-5-7-20(23)8-6-19/h2-8,11-12,16,29H,9-10,13-15H2,1H3. The highest BCUT2D eigenvalue weighted by molar-refractivity contribution is 6.30. The third kappa shape index (κ3) is 4.40. The van der Waals surface area contributed by atoms with E-state index in [2.05, 4.69) is 32.1 Å². The summed E-state index contributed by atoms with van der Waals surface area (Å²) in [5.74, 6) is 0.571. The zero-order valence-electron chi connectivity index (χ0n) is 16.4. The normalized spacial score (nSPS) is 17.1. The Morgan fingerprint density at radius 3 is 2.52 bits per heavy atom. The van der Waals surface area contributed by atoms with E-state index in [4.69, 9.17) is 11.6 Å². The summed E-state index contributed by atoms with van der Waals surface area (Å²) in [6.45, 7) is 4.54. The van der Waals surface area contributed by atoms with Crippen LogP contribution in [0.1, 0.15) is 29.7 Å². The Hall–Kier alpha value is -2.54. The molecule has 1 N–H and O–H groups in total. The predicted molar refractivity (Wildman–Crippen MR) is 114 cm³/mol. The number of likely N-dealkylation sites (tertiary alicyclic amines) is 1. The molecule has 0 atom stereocenters. The monoisotopic (exact) mass is 409 g/mol. The van der Waals surface area contributed by atoms with Crippen molar-refractivity contribution in [1.29, 1.82) is 0 Å². The molecule has 0 radical (unpaired) electrons. The van der Waals surface area contributed by atoms with E-state index in [-0.39, 0.29) is 0 Å². The molecule has 0 bridgehead atoms. The molecule has 1 fully saturated rings. The van der Waals surface area contributed by atoms with Crippen LogP contribution >= 0.6 is 11.6 Å². The number of aromatic nitrogens is 4. The zero-order valence-corrected chi connectivity index (χ0v) is 17.1. The first-order chi connectivity index (χ1) is 14.0. The average Bonchev–Trinajstić information content (AvgIpc) is 3.11. The largest absolute Gasteiger partial charge is 0.385 e. The third-order valence-electron chi connectivity index (χ3n) is 5.52. The minimum Gasteiger partial charge on any atom is -0.385 e. The van der Waals surface area contributed by atoms with Crippen LogP contribution in [0.4, 0.5) is 0 Å². The molecule has 0 spiro atoms. The highest BCUT2D eigenvalue weighted by atomic mass is 35.5. The number of nitrogens with zero attached hydrogens (tertiary/aromatic N) is 5. The molecular weight excluding hydrogens is 386 g/mol. The Kier molecular flexibility index (Phi) is 5.76. The number of piperidine rings is 1. The number of benzene rings is 1. The fourth-order valence-corrected chi connectivity index (χ4v) is 3.80. The predicted octanol–water partition coefficient (Wildman–Crippen LogP) is 3.62. The number of hydrogen-bond donors (Lipinski definition) is 1. The molecule has 2 aromatic heterocycles. The van der Waals surface area contributed by atoms with Gasteiger partial charge in [0.15, 0.2) is 0 Å². The van der Waals surface area contributed by atoms with E-state index in [9.17, 15) is 5.11 Å². The van der Waals surface area contributed by atoms with Gasteiger partial charge in [0.25, 0.3) is 5.95 Å². The van der Waals surface area contributed by atoms with Crippen LogP contribution in [0.15, 0.2) is 55.0 Å². The SMILES string of the molecule is Cc1c(C=CCN2CCC(O)(c3ccc(Cl)cc3)CC2)cnn1-c1ncccn1. The Labute approximate surface area is 175 Å². The summed E-state index contributed by atoms with van der Waals surface area (Å²) in [5.41, 5.74) is 2.23. The van der Waals surface area contributed by atoms with Gasteiger partial charge >= 0.3 is 0 Å². The van der Waals surface area contributed by atoms with Crippen molar-refractivity contribution in [3.63, 3.8) is 0 Å². The van der Waals surface area contributed by atoms with Gasteiger partial charge in [-0.25, -0.2) is 14.6 Å². The average molecular weight is 410 g/mol. The van der Waals surface area contributed by atoms with E-state index in [0.29, 0.717) is 23.8 Å². The van der Waals surface area contributed by atoms with Gasteiger partial charge in [0.05, 0.1) is 17.5 Å². The Morgan fingerprint density at radius 1 is 1.14 bits per heavy atom. The summed E-state index contributed by atoms with van der Waals surface area (Å²) in [5, 5.41) is 16.1. The number of hydrogen-bond acceptors (Lipinski definition) is 5. The van der Waals surface area contributed by atoms with E-state index in [1.54, 1.807) is 23.1 Å². The quantitative estimate of drug-likeness (QED) is 0.697. The van der Waals surface area contributed by atoms with E-state index < -0.39 is 5.60 Å². The van der Waals surface area contributed by atoms with Crippen molar-refractivity contribution < 1.29 is 5.11 Å². The third-order valence-corrected chi connectivity index (χ3v) is 5.77. The van der Waals surface area contributed by atoms with Crippen LogP contribution in [0.5, 0.6) is 0 Å². The van der Waals surface area contributed by atoms with Crippen molar-refractivity contribution in [1.82, 2.24) is 24.6 Å². The summed E-state index contributed by atoms with van der Waals surface area (Å²) in [4.78, 5) is 10.8. The molecule has 6 nitrogen and oxygen atoms in total. The molecule has 1 aromatic carbocycles. The highest BCUT2D eigenvalue weighted by Gasteiger charge is 2.33. The molecule has 150 valence electrons. The van der Waals surface area contributed by atoms with Gasteiger partial charge in [-0.05, 0) is 43.5 Å². The summed E-state index contributed by atoms with van der Waals surface area (Å²) in [6.07, 6.45) is 10.9. The lowest BCUT2D eigenvalue weighted by molar-refractivity contribution is -0.0233. The minimum absolute atomic E-state index is 0.571. The number of rotatable bonds is 5. The molecule has 0 unspecified atom stereocenters. The van der Waals surface area contributed by atoms with Gasteiger partial charge in [0.1, 0.15) is 0 Å². The summed E-state index contributed by atoms with van der Waals surface area (Å²) in [6, 6.07) is 9.32. The second kappa shape index (κ2) is 8.45. The van der Waals surface area contributed by atoms with Crippen LogP contribution in [0, 0.1) is 6.92 Å². The summed E-state index contributed by atoms with van der Waals surface area (Å²) >= 11 is 5.96. The second-order valence-electron chi connectivity index (χ2n) is 7.39. The van der Waals surface area contributed by atoms with Gasteiger partial charge in [-0.15, -0.1) is 0 Å². The highest BCUT2D eigenvalue weighted by Crippen LogP contribution is 2.33. The van der Waals surface area contributed by atoms with Gasteiger partial charge in [0, 0.05) is 42.6 Å². The molecule has 0 saturated carbocycles. The van der Waals surface area contributed by atoms with Gasteiger partial charge in [-0.3, -0.25) is 4.90 Å². The first-order valence-corrected chi connectivity index (χ1v) is 10.1. The van der Waals surface area contributed by atoms with E-state index in [1.165, 1.54) is 0 Å². The minimum atomic E-state index is -0.766. The van der Waals surface area contributed by atoms with Crippen LogP contribution in [-0.4, -0.2) is 49.4 Å². The number of aliphatic hydroxyl groups is 1. The molecule has 0 aliphatic carbocycles. The topological polar surface area (TPSA) is 67.1 Å². The van der Waals surface area contributed by atoms with E-state index >= 15 is 0 Å². The van der Waals surface area contributed by atoms with Crippen molar-refractivity contribution in [2.24, 2.45) is 0 Å². The van der Waals surface area contributed by atoms with Crippen LogP contribution in [0.25, 0.3) is 12.0 Å². The van der Waals surface area contributed by atoms with Gasteiger partial charge in [-0.2, -0.15) is 5.10 Å². The zero-order chi connectivity index (χ0) is 20.3. The fraction of sp³-hybridized carbons (Fsp3) is 0.318. The van der Waals surface area contributed by atoms with Crippen LogP contribution in [0.3, 0.4) is 0 Å². The maximum absolute atomic E-state index is 11.0. The maximum atomic E-state index is 11.0. The van der Waals surface area contributed by atoms with Crippen molar-refractivity contribution in [3.8, 4) is 5.95 Å². The molecule has 1 aliphatic rings. The lowest BCUT2D eigenvalue weighted by atomic mass is 9.84. The van der Waals surface area contributed by atoms with E-state index in [1.807, 2.05) is 37.4 Å². The van der Waals surface area contributed by atoms with Crippen LogP contribution < -0.4 is 0 Å². The Bertz CT molecular complexity index is 976. The Morgan fingerprint density at radius 2 is 1.83 bits per heavy atom. The number of halogens is 1. The van der Waals surface area contributed by atoms with Crippen molar-refractivity contribution in [2.75, 3.05) is 19.6 Å². The molecule has 3 heterocycles. The van der Waals surface area contributed by atoms with Gasteiger partial charge < -0.3 is 5.11 Å². The molecule has 29 heavy (non-hydrogen) atoms. The van der Waals surface area contributed by atoms with E-state index in [0.717, 1.165) is 36.5 Å². The van der Waals surface area contributed by atoms with Crippen molar-refractivity contribution >= 4 is 17.7 Å². The molecular formula is C22H24ClN5O.